The molecule has 0 aromatic rings. The summed E-state index contributed by atoms with van der Waals surface area (Å²) in [5.74, 6) is -0.188. The van der Waals surface area contributed by atoms with E-state index < -0.39 is 0 Å². The van der Waals surface area contributed by atoms with Crippen molar-refractivity contribution < 1.29 is 9.53 Å². The maximum Gasteiger partial charge on any atom is 0.330 e. The number of carbonyl (C=O) groups is 1. The van der Waals surface area contributed by atoms with E-state index in [0.29, 0.717) is 5.41 Å². The Labute approximate surface area is 91.7 Å². The van der Waals surface area contributed by atoms with Crippen LogP contribution < -0.4 is 0 Å². The average molecular weight is 208 g/mol. The predicted molar refractivity (Wildman–Crippen MR) is 59.5 cm³/mol. The third kappa shape index (κ3) is 2.42. The smallest absolute Gasteiger partial charge is 0.330 e. The lowest BCUT2D eigenvalue weighted by atomic mass is 9.71. The predicted octanol–water partition coefficient (Wildman–Crippen LogP) is 3.22. The molecule has 2 fully saturated rings. The summed E-state index contributed by atoms with van der Waals surface area (Å²) >= 11 is 0. The third-order valence-electron chi connectivity index (χ3n) is 4.14. The number of rotatable bonds is 1. The molecule has 2 rings (SSSR count). The highest BCUT2D eigenvalue weighted by Crippen LogP contribution is 2.49. The zero-order valence-electron chi connectivity index (χ0n) is 9.55. The zero-order chi connectivity index (χ0) is 10.7. The van der Waals surface area contributed by atoms with E-state index in [4.69, 9.17) is 0 Å². The van der Waals surface area contributed by atoms with Gasteiger partial charge in [0, 0.05) is 6.08 Å². The number of hydrogen-bond donors (Lipinski definition) is 0. The Hall–Kier alpha value is -0.790. The van der Waals surface area contributed by atoms with Gasteiger partial charge in [-0.2, -0.15) is 0 Å². The minimum absolute atomic E-state index is 0.188. The van der Waals surface area contributed by atoms with Crippen LogP contribution in [0.1, 0.15) is 51.4 Å². The summed E-state index contributed by atoms with van der Waals surface area (Å²) < 4.78 is 4.65. The quantitative estimate of drug-likeness (QED) is 0.488. The monoisotopic (exact) mass is 208 g/mol. The molecule has 0 aromatic heterocycles. The fourth-order valence-corrected chi connectivity index (χ4v) is 3.10. The number of ether oxygens (including phenoxy) is 1. The first-order valence-electron chi connectivity index (χ1n) is 6.02. The molecule has 2 saturated carbocycles. The van der Waals surface area contributed by atoms with Crippen molar-refractivity contribution in [3.05, 3.63) is 11.6 Å². The molecule has 2 heteroatoms. The summed E-state index contributed by atoms with van der Waals surface area (Å²) in [7, 11) is 1.45. The second-order valence-corrected chi connectivity index (χ2v) is 5.03. The molecule has 0 amide bonds. The molecule has 0 aromatic carbocycles. The van der Waals surface area contributed by atoms with Crippen molar-refractivity contribution in [2.24, 2.45) is 5.41 Å². The van der Waals surface area contributed by atoms with Crippen LogP contribution in [0.2, 0.25) is 0 Å². The van der Waals surface area contributed by atoms with Gasteiger partial charge in [0.25, 0.3) is 0 Å². The first-order chi connectivity index (χ1) is 7.24. The summed E-state index contributed by atoms with van der Waals surface area (Å²) in [6.45, 7) is 0. The van der Waals surface area contributed by atoms with E-state index in [9.17, 15) is 4.79 Å². The molecular formula is C13H20O2. The van der Waals surface area contributed by atoms with Crippen molar-refractivity contribution in [3.63, 3.8) is 0 Å². The topological polar surface area (TPSA) is 26.3 Å². The molecule has 0 bridgehead atoms. The van der Waals surface area contributed by atoms with Crippen LogP contribution in [-0.2, 0) is 9.53 Å². The largest absolute Gasteiger partial charge is 0.466 e. The normalized spacial score (nSPS) is 24.2. The van der Waals surface area contributed by atoms with Crippen LogP contribution in [0.5, 0.6) is 0 Å². The molecule has 1 spiro atoms. The Morgan fingerprint density at radius 2 is 1.80 bits per heavy atom. The van der Waals surface area contributed by atoms with Crippen LogP contribution in [0.15, 0.2) is 11.6 Å². The van der Waals surface area contributed by atoms with Crippen LogP contribution in [-0.4, -0.2) is 13.1 Å². The summed E-state index contributed by atoms with van der Waals surface area (Å²) in [6.07, 6.45) is 12.1. The van der Waals surface area contributed by atoms with Crippen molar-refractivity contribution in [3.8, 4) is 0 Å². The van der Waals surface area contributed by atoms with Crippen LogP contribution in [0.4, 0.5) is 0 Å². The molecule has 0 N–H and O–H groups in total. The molecule has 2 aliphatic rings. The van der Waals surface area contributed by atoms with Gasteiger partial charge < -0.3 is 4.74 Å². The van der Waals surface area contributed by atoms with Gasteiger partial charge in [0.15, 0.2) is 0 Å². The van der Waals surface area contributed by atoms with E-state index >= 15 is 0 Å². The van der Waals surface area contributed by atoms with Gasteiger partial charge in [-0.25, -0.2) is 4.79 Å². The van der Waals surface area contributed by atoms with Crippen LogP contribution in [0.25, 0.3) is 0 Å². The van der Waals surface area contributed by atoms with Gasteiger partial charge >= 0.3 is 5.97 Å². The van der Waals surface area contributed by atoms with E-state index in [1.54, 1.807) is 6.08 Å². The maximum absolute atomic E-state index is 11.1. The van der Waals surface area contributed by atoms with Gasteiger partial charge in [0.2, 0.25) is 0 Å². The molecule has 15 heavy (non-hydrogen) atoms. The number of esters is 1. The average Bonchev–Trinajstić information content (AvgIpc) is 2.70. The van der Waals surface area contributed by atoms with E-state index in [2.05, 4.69) is 4.74 Å². The van der Waals surface area contributed by atoms with Crippen molar-refractivity contribution in [1.82, 2.24) is 0 Å². The first-order valence-corrected chi connectivity index (χ1v) is 6.02. The molecule has 0 unspecified atom stereocenters. The first kappa shape index (κ1) is 10.7. The molecule has 0 atom stereocenters. The third-order valence-corrected chi connectivity index (χ3v) is 4.14. The Bertz CT molecular complexity index is 260. The number of allylic oxidation sites excluding steroid dienone is 1. The zero-order valence-corrected chi connectivity index (χ0v) is 9.55. The second kappa shape index (κ2) is 4.38. The summed E-state index contributed by atoms with van der Waals surface area (Å²) in [5, 5.41) is 0. The molecule has 0 heterocycles. The lowest BCUT2D eigenvalue weighted by Crippen LogP contribution is -2.21. The Morgan fingerprint density at radius 1 is 1.20 bits per heavy atom. The molecule has 0 radical (unpaired) electrons. The molecule has 0 saturated heterocycles. The van der Waals surface area contributed by atoms with Gasteiger partial charge in [-0.15, -0.1) is 0 Å². The van der Waals surface area contributed by atoms with Crippen molar-refractivity contribution in [2.45, 2.75) is 51.4 Å². The summed E-state index contributed by atoms with van der Waals surface area (Å²) in [5.41, 5.74) is 1.94. The standard InChI is InChI=1S/C13H20O2/c1-15-12(14)10-11-4-8-13(9-5-11)6-2-3-7-13/h10H,2-9H2,1H3. The Morgan fingerprint density at radius 3 is 2.33 bits per heavy atom. The SMILES string of the molecule is COC(=O)C=C1CCC2(CCCC2)CC1. The van der Waals surface area contributed by atoms with Gasteiger partial charge in [-0.3, -0.25) is 0 Å². The Balaban J connectivity index is 1.91. The number of carbonyl (C=O) groups excluding carboxylic acids is 1. The van der Waals surface area contributed by atoms with Crippen LogP contribution in [0.3, 0.4) is 0 Å². The van der Waals surface area contributed by atoms with Crippen molar-refractivity contribution in [1.29, 1.82) is 0 Å². The van der Waals surface area contributed by atoms with E-state index in [1.165, 1.54) is 51.2 Å². The van der Waals surface area contributed by atoms with E-state index in [0.717, 1.165) is 12.8 Å². The molecule has 84 valence electrons. The van der Waals surface area contributed by atoms with Crippen LogP contribution >= 0.6 is 0 Å². The lowest BCUT2D eigenvalue weighted by Gasteiger charge is -2.34. The molecule has 0 aliphatic heterocycles. The highest BCUT2D eigenvalue weighted by Gasteiger charge is 2.35. The summed E-state index contributed by atoms with van der Waals surface area (Å²) in [6, 6.07) is 0. The van der Waals surface area contributed by atoms with Gasteiger partial charge in [0.1, 0.15) is 0 Å². The van der Waals surface area contributed by atoms with Gasteiger partial charge in [-0.1, -0.05) is 18.4 Å². The minimum Gasteiger partial charge on any atom is -0.466 e. The maximum atomic E-state index is 11.1. The van der Waals surface area contributed by atoms with Gasteiger partial charge in [-0.05, 0) is 43.9 Å². The molecule has 2 aliphatic carbocycles. The minimum atomic E-state index is -0.188. The van der Waals surface area contributed by atoms with Crippen LogP contribution in [0, 0.1) is 5.41 Å². The van der Waals surface area contributed by atoms with Crippen molar-refractivity contribution in [2.75, 3.05) is 7.11 Å². The second-order valence-electron chi connectivity index (χ2n) is 5.03. The fraction of sp³-hybridized carbons (Fsp3) is 0.769. The highest BCUT2D eigenvalue weighted by atomic mass is 16.5. The van der Waals surface area contributed by atoms with E-state index in [1.807, 2.05) is 0 Å². The highest BCUT2D eigenvalue weighted by molar-refractivity contribution is 5.82. The van der Waals surface area contributed by atoms with Gasteiger partial charge in [0.05, 0.1) is 7.11 Å². The van der Waals surface area contributed by atoms with E-state index in [-0.39, 0.29) is 5.97 Å². The fourth-order valence-electron chi connectivity index (χ4n) is 3.10. The number of hydrogen-bond acceptors (Lipinski definition) is 2. The molecule has 2 nitrogen and oxygen atoms in total. The lowest BCUT2D eigenvalue weighted by molar-refractivity contribution is -0.134. The Kier molecular flexibility index (Phi) is 3.13. The van der Waals surface area contributed by atoms with Crippen molar-refractivity contribution >= 4 is 5.97 Å². The number of methoxy groups -OCH3 is 1. The summed E-state index contributed by atoms with van der Waals surface area (Å²) in [4.78, 5) is 11.1. The molecular weight excluding hydrogens is 188 g/mol.